The molecule has 164 valence electrons. The lowest BCUT2D eigenvalue weighted by molar-refractivity contribution is -0.137. The van der Waals surface area contributed by atoms with Crippen molar-refractivity contribution in [3.63, 3.8) is 0 Å². The summed E-state index contributed by atoms with van der Waals surface area (Å²) in [6, 6.07) is 14.4. The average molecular weight is 471 g/mol. The molecule has 10 heteroatoms. The molecule has 0 aliphatic heterocycles. The Kier molecular flexibility index (Phi) is 6.59. The number of halogens is 4. The minimum Gasteiger partial charge on any atom is -0.324 e. The van der Waals surface area contributed by atoms with Crippen LogP contribution in [0, 0.1) is 0 Å². The summed E-state index contributed by atoms with van der Waals surface area (Å²) in [4.78, 5) is 12.4. The third kappa shape index (κ3) is 5.17. The van der Waals surface area contributed by atoms with Crippen molar-refractivity contribution < 1.29 is 26.4 Å². The lowest BCUT2D eigenvalue weighted by Crippen LogP contribution is -2.37. The minimum absolute atomic E-state index is 0.0120. The molecule has 3 aromatic carbocycles. The van der Waals surface area contributed by atoms with Crippen LogP contribution in [0.15, 0.2) is 65.6 Å². The van der Waals surface area contributed by atoms with Crippen LogP contribution in [-0.4, -0.2) is 31.7 Å². The highest BCUT2D eigenvalue weighted by atomic mass is 35.5. The molecule has 5 nitrogen and oxygen atoms in total. The van der Waals surface area contributed by atoms with Crippen molar-refractivity contribution in [3.8, 4) is 0 Å². The molecule has 0 aliphatic rings. The zero-order chi connectivity index (χ0) is 22.8. The second kappa shape index (κ2) is 8.86. The molecule has 0 aliphatic carbocycles. The molecule has 0 saturated heterocycles. The zero-order valence-electron chi connectivity index (χ0n) is 16.3. The Morgan fingerprint density at radius 3 is 2.35 bits per heavy atom. The fourth-order valence-corrected chi connectivity index (χ4v) is 4.60. The van der Waals surface area contributed by atoms with E-state index in [9.17, 15) is 26.4 Å². The summed E-state index contributed by atoms with van der Waals surface area (Å²) in [7, 11) is -4.01. The molecule has 0 fully saturated rings. The van der Waals surface area contributed by atoms with Gasteiger partial charge in [0.25, 0.3) is 0 Å². The van der Waals surface area contributed by atoms with Crippen molar-refractivity contribution >= 4 is 44.0 Å². The van der Waals surface area contributed by atoms with Crippen LogP contribution in [-0.2, 0) is 21.0 Å². The Morgan fingerprint density at radius 1 is 1.03 bits per heavy atom. The molecule has 0 spiro atoms. The van der Waals surface area contributed by atoms with Gasteiger partial charge in [-0.1, -0.05) is 48.9 Å². The highest BCUT2D eigenvalue weighted by Gasteiger charge is 2.31. The topological polar surface area (TPSA) is 66.5 Å². The molecule has 1 N–H and O–H groups in total. The second-order valence-corrected chi connectivity index (χ2v) is 9.03. The van der Waals surface area contributed by atoms with Crippen molar-refractivity contribution in [2.24, 2.45) is 0 Å². The maximum atomic E-state index is 13.0. The van der Waals surface area contributed by atoms with E-state index >= 15 is 0 Å². The van der Waals surface area contributed by atoms with Crippen molar-refractivity contribution in [2.45, 2.75) is 18.0 Å². The van der Waals surface area contributed by atoms with Gasteiger partial charge in [0.1, 0.15) is 0 Å². The Hall–Kier alpha value is -2.62. The van der Waals surface area contributed by atoms with Gasteiger partial charge in [0.05, 0.1) is 27.7 Å². The number of anilines is 1. The Morgan fingerprint density at radius 2 is 1.71 bits per heavy atom. The van der Waals surface area contributed by atoms with E-state index in [2.05, 4.69) is 5.32 Å². The van der Waals surface area contributed by atoms with Gasteiger partial charge in [-0.25, -0.2) is 8.42 Å². The molecule has 3 aromatic rings. The summed E-state index contributed by atoms with van der Waals surface area (Å²) in [5, 5.41) is 3.75. The molecule has 3 rings (SSSR count). The third-order valence-corrected chi connectivity index (χ3v) is 6.85. The number of alkyl halides is 3. The maximum absolute atomic E-state index is 13.0. The van der Waals surface area contributed by atoms with Gasteiger partial charge >= 0.3 is 6.18 Å². The number of hydrogen-bond donors (Lipinski definition) is 1. The van der Waals surface area contributed by atoms with Gasteiger partial charge in [-0.15, -0.1) is 0 Å². The molecule has 0 aromatic heterocycles. The predicted molar refractivity (Wildman–Crippen MR) is 113 cm³/mol. The lowest BCUT2D eigenvalue weighted by Gasteiger charge is -2.20. The highest BCUT2D eigenvalue weighted by Crippen LogP contribution is 2.33. The number of hydrogen-bond acceptors (Lipinski definition) is 3. The van der Waals surface area contributed by atoms with Gasteiger partial charge in [-0.05, 0) is 41.1 Å². The first kappa shape index (κ1) is 23.1. The normalized spacial score (nSPS) is 12.3. The van der Waals surface area contributed by atoms with Gasteiger partial charge in [0.2, 0.25) is 15.9 Å². The first-order valence-electron chi connectivity index (χ1n) is 9.18. The summed E-state index contributed by atoms with van der Waals surface area (Å²) < 4.78 is 65.7. The summed E-state index contributed by atoms with van der Waals surface area (Å²) in [6.07, 6.45) is -4.61. The summed E-state index contributed by atoms with van der Waals surface area (Å²) in [5.41, 5.74) is -1.23. The number of likely N-dealkylation sites (N-methyl/N-ethyl adjacent to an activating group) is 1. The zero-order valence-corrected chi connectivity index (χ0v) is 17.9. The Labute approximate surface area is 182 Å². The van der Waals surface area contributed by atoms with Crippen LogP contribution < -0.4 is 5.32 Å². The molecular weight excluding hydrogens is 453 g/mol. The van der Waals surface area contributed by atoms with Crippen LogP contribution in [0.3, 0.4) is 0 Å². The number of nitrogens with zero attached hydrogens (tertiary/aromatic N) is 1. The number of rotatable bonds is 6. The number of fused-ring (bicyclic) bond motifs is 1. The van der Waals surface area contributed by atoms with E-state index in [1.54, 1.807) is 25.1 Å². The monoisotopic (exact) mass is 470 g/mol. The molecule has 0 heterocycles. The van der Waals surface area contributed by atoms with Crippen molar-refractivity contribution in [3.05, 3.63) is 71.2 Å². The summed E-state index contributed by atoms with van der Waals surface area (Å²) in [5.74, 6) is -0.813. The standard InChI is InChI=1S/C21H18ClF3N2O3S/c1-2-27(31(29,30)17-9-7-14-5-3-4-6-15(14)11-17)13-20(28)26-19-12-16(21(23,24)25)8-10-18(19)22/h3-12H,2,13H2,1H3,(H,26,28). The molecule has 0 saturated carbocycles. The van der Waals surface area contributed by atoms with Gasteiger partial charge < -0.3 is 5.32 Å². The van der Waals surface area contributed by atoms with Crippen LogP contribution in [0.2, 0.25) is 5.02 Å². The first-order valence-corrected chi connectivity index (χ1v) is 11.0. The van der Waals surface area contributed by atoms with Crippen LogP contribution in [0.1, 0.15) is 12.5 Å². The maximum Gasteiger partial charge on any atom is 0.416 e. The SMILES string of the molecule is CCN(CC(=O)Nc1cc(C(F)(F)F)ccc1Cl)S(=O)(=O)c1ccc2ccccc2c1. The van der Waals surface area contributed by atoms with Gasteiger partial charge in [0.15, 0.2) is 0 Å². The minimum atomic E-state index is -4.61. The van der Waals surface area contributed by atoms with E-state index < -0.39 is 34.2 Å². The fourth-order valence-electron chi connectivity index (χ4n) is 2.99. The first-order chi connectivity index (χ1) is 14.5. The lowest BCUT2D eigenvalue weighted by atomic mass is 10.1. The fraction of sp³-hybridized carbons (Fsp3) is 0.190. The highest BCUT2D eigenvalue weighted by molar-refractivity contribution is 7.89. The van der Waals surface area contributed by atoms with Crippen molar-refractivity contribution in [1.82, 2.24) is 4.31 Å². The van der Waals surface area contributed by atoms with Gasteiger partial charge in [0, 0.05) is 6.54 Å². The predicted octanol–water partition coefficient (Wildman–Crippen LogP) is 5.16. The molecule has 31 heavy (non-hydrogen) atoms. The number of carbonyl (C=O) groups is 1. The van der Waals surface area contributed by atoms with E-state index in [4.69, 9.17) is 11.6 Å². The second-order valence-electron chi connectivity index (χ2n) is 6.68. The van der Waals surface area contributed by atoms with E-state index in [0.717, 1.165) is 27.2 Å². The number of amides is 1. The number of nitrogens with one attached hydrogen (secondary N) is 1. The molecule has 1 amide bonds. The largest absolute Gasteiger partial charge is 0.416 e. The number of sulfonamides is 1. The van der Waals surface area contributed by atoms with E-state index in [1.165, 1.54) is 12.1 Å². The Bertz CT molecular complexity index is 1230. The number of benzene rings is 3. The molecule has 0 radical (unpaired) electrons. The van der Waals surface area contributed by atoms with E-state index in [-0.39, 0.29) is 22.2 Å². The van der Waals surface area contributed by atoms with Crippen LogP contribution in [0.4, 0.5) is 18.9 Å². The van der Waals surface area contributed by atoms with Gasteiger partial charge in [-0.3, -0.25) is 4.79 Å². The van der Waals surface area contributed by atoms with E-state index in [0.29, 0.717) is 6.07 Å². The van der Waals surface area contributed by atoms with Crippen molar-refractivity contribution in [1.29, 1.82) is 0 Å². The quantitative estimate of drug-likeness (QED) is 0.541. The number of carbonyl (C=O) groups excluding carboxylic acids is 1. The van der Waals surface area contributed by atoms with Crippen molar-refractivity contribution in [2.75, 3.05) is 18.4 Å². The van der Waals surface area contributed by atoms with E-state index in [1.807, 2.05) is 12.1 Å². The average Bonchev–Trinajstić information content (AvgIpc) is 2.72. The molecule has 0 bridgehead atoms. The smallest absolute Gasteiger partial charge is 0.324 e. The summed E-state index contributed by atoms with van der Waals surface area (Å²) >= 11 is 5.89. The van der Waals surface area contributed by atoms with Crippen LogP contribution >= 0.6 is 11.6 Å². The molecule has 0 unspecified atom stereocenters. The third-order valence-electron chi connectivity index (χ3n) is 4.60. The molecular formula is C21H18ClF3N2O3S. The summed E-state index contributed by atoms with van der Waals surface area (Å²) in [6.45, 7) is 0.959. The molecule has 0 atom stereocenters. The Balaban J connectivity index is 1.82. The van der Waals surface area contributed by atoms with Crippen LogP contribution in [0.25, 0.3) is 10.8 Å². The van der Waals surface area contributed by atoms with Gasteiger partial charge in [-0.2, -0.15) is 17.5 Å². The van der Waals surface area contributed by atoms with Crippen LogP contribution in [0.5, 0.6) is 0 Å².